The number of piperidine rings is 1. The summed E-state index contributed by atoms with van der Waals surface area (Å²) in [5.41, 5.74) is 1.13. The smallest absolute Gasteiger partial charge is 0.317 e. The molecule has 1 aliphatic rings. The third-order valence-electron chi connectivity index (χ3n) is 3.35. The Hall–Kier alpha value is -1.03. The molecule has 0 saturated carbocycles. The van der Waals surface area contributed by atoms with Crippen molar-refractivity contribution < 1.29 is 4.79 Å². The van der Waals surface area contributed by atoms with Crippen LogP contribution in [0.4, 0.5) is 4.79 Å². The van der Waals surface area contributed by atoms with Crippen LogP contribution in [0.3, 0.4) is 0 Å². The van der Waals surface area contributed by atoms with E-state index in [0.29, 0.717) is 0 Å². The zero-order valence-electron chi connectivity index (χ0n) is 10.7. The molecule has 1 fully saturated rings. The number of carbonyl (C=O) groups is 1. The Morgan fingerprint density at radius 3 is 2.44 bits per heavy atom. The summed E-state index contributed by atoms with van der Waals surface area (Å²) in [6, 6.07) is 8.17. The highest BCUT2D eigenvalue weighted by Crippen LogP contribution is 2.17. The van der Waals surface area contributed by atoms with Gasteiger partial charge in [0.2, 0.25) is 0 Å². The molecule has 0 spiro atoms. The van der Waals surface area contributed by atoms with E-state index in [4.69, 9.17) is 0 Å². The molecular formula is C14H19BrN2O. The first-order chi connectivity index (χ1) is 8.66. The molecule has 4 heteroatoms. The maximum absolute atomic E-state index is 12.1. The average molecular weight is 311 g/mol. The number of carbonyl (C=O) groups excluding carboxylic acids is 1. The minimum Gasteiger partial charge on any atom is -0.331 e. The van der Waals surface area contributed by atoms with Crippen LogP contribution in [-0.4, -0.2) is 24.0 Å². The molecule has 1 atom stereocenters. The molecule has 2 rings (SSSR count). The van der Waals surface area contributed by atoms with Gasteiger partial charge >= 0.3 is 6.03 Å². The molecule has 1 N–H and O–H groups in total. The number of amides is 2. The fourth-order valence-corrected chi connectivity index (χ4v) is 2.47. The van der Waals surface area contributed by atoms with Gasteiger partial charge in [0.1, 0.15) is 0 Å². The summed E-state index contributed by atoms with van der Waals surface area (Å²) in [4.78, 5) is 14.0. The SMILES string of the molecule is C[C@H](NC(=O)N1CCCCC1)c1ccc(Br)cc1. The summed E-state index contributed by atoms with van der Waals surface area (Å²) in [6.07, 6.45) is 3.49. The van der Waals surface area contributed by atoms with Crippen molar-refractivity contribution in [2.45, 2.75) is 32.2 Å². The van der Waals surface area contributed by atoms with Gasteiger partial charge in [-0.25, -0.2) is 4.79 Å². The van der Waals surface area contributed by atoms with Gasteiger partial charge in [-0.2, -0.15) is 0 Å². The highest BCUT2D eigenvalue weighted by Gasteiger charge is 2.18. The molecule has 0 bridgehead atoms. The summed E-state index contributed by atoms with van der Waals surface area (Å²) in [5, 5.41) is 3.06. The van der Waals surface area contributed by atoms with Crippen LogP contribution < -0.4 is 5.32 Å². The van der Waals surface area contributed by atoms with Gasteiger partial charge in [-0.05, 0) is 43.9 Å². The Kier molecular flexibility index (Phi) is 4.64. The van der Waals surface area contributed by atoms with Crippen LogP contribution in [0.2, 0.25) is 0 Å². The van der Waals surface area contributed by atoms with Crippen LogP contribution in [0.1, 0.15) is 37.8 Å². The van der Waals surface area contributed by atoms with Gasteiger partial charge in [0.25, 0.3) is 0 Å². The van der Waals surface area contributed by atoms with Crippen molar-refractivity contribution >= 4 is 22.0 Å². The molecule has 3 nitrogen and oxygen atoms in total. The van der Waals surface area contributed by atoms with Gasteiger partial charge in [-0.1, -0.05) is 28.1 Å². The number of benzene rings is 1. The molecule has 0 aliphatic carbocycles. The lowest BCUT2D eigenvalue weighted by molar-refractivity contribution is 0.183. The second kappa shape index (κ2) is 6.23. The summed E-state index contributed by atoms with van der Waals surface area (Å²) in [6.45, 7) is 3.79. The lowest BCUT2D eigenvalue weighted by atomic mass is 10.1. The molecule has 0 unspecified atom stereocenters. The molecule has 18 heavy (non-hydrogen) atoms. The van der Waals surface area contributed by atoms with Crippen LogP contribution in [0, 0.1) is 0 Å². The third-order valence-corrected chi connectivity index (χ3v) is 3.88. The number of rotatable bonds is 2. The highest BCUT2D eigenvalue weighted by atomic mass is 79.9. The monoisotopic (exact) mass is 310 g/mol. The minimum absolute atomic E-state index is 0.0486. The Morgan fingerprint density at radius 1 is 1.22 bits per heavy atom. The second-order valence-electron chi connectivity index (χ2n) is 4.77. The third kappa shape index (κ3) is 3.48. The zero-order chi connectivity index (χ0) is 13.0. The van der Waals surface area contributed by atoms with Gasteiger partial charge in [0.05, 0.1) is 6.04 Å². The van der Waals surface area contributed by atoms with Gasteiger partial charge in [0.15, 0.2) is 0 Å². The van der Waals surface area contributed by atoms with Gasteiger partial charge in [-0.15, -0.1) is 0 Å². The van der Waals surface area contributed by atoms with E-state index in [-0.39, 0.29) is 12.1 Å². The first-order valence-electron chi connectivity index (χ1n) is 6.48. The lowest BCUT2D eigenvalue weighted by Gasteiger charge is -2.28. The van der Waals surface area contributed by atoms with E-state index in [2.05, 4.69) is 21.2 Å². The molecular weight excluding hydrogens is 292 g/mol. The van der Waals surface area contributed by atoms with Crippen LogP contribution >= 0.6 is 15.9 Å². The van der Waals surface area contributed by atoms with Crippen LogP contribution in [0.25, 0.3) is 0 Å². The van der Waals surface area contributed by atoms with Crippen molar-refractivity contribution in [3.8, 4) is 0 Å². The predicted octanol–water partition coefficient (Wildman–Crippen LogP) is 3.71. The summed E-state index contributed by atoms with van der Waals surface area (Å²) < 4.78 is 1.06. The summed E-state index contributed by atoms with van der Waals surface area (Å²) in [7, 11) is 0. The van der Waals surface area contributed by atoms with E-state index in [9.17, 15) is 4.79 Å². The van der Waals surface area contributed by atoms with E-state index in [1.165, 1.54) is 6.42 Å². The Morgan fingerprint density at radius 2 is 1.83 bits per heavy atom. The number of urea groups is 1. The molecule has 1 aromatic rings. The predicted molar refractivity (Wildman–Crippen MR) is 76.5 cm³/mol. The van der Waals surface area contributed by atoms with E-state index in [0.717, 1.165) is 36.0 Å². The molecule has 0 aromatic heterocycles. The average Bonchev–Trinajstić information content (AvgIpc) is 2.40. The van der Waals surface area contributed by atoms with E-state index < -0.39 is 0 Å². The number of nitrogens with one attached hydrogen (secondary N) is 1. The van der Waals surface area contributed by atoms with Gasteiger partial charge < -0.3 is 10.2 Å². The maximum Gasteiger partial charge on any atom is 0.317 e. The van der Waals surface area contributed by atoms with Gasteiger partial charge in [-0.3, -0.25) is 0 Å². The van der Waals surface area contributed by atoms with E-state index in [1.54, 1.807) is 0 Å². The maximum atomic E-state index is 12.1. The molecule has 1 saturated heterocycles. The first-order valence-corrected chi connectivity index (χ1v) is 7.27. The van der Waals surface area contributed by atoms with E-state index >= 15 is 0 Å². The molecule has 0 radical (unpaired) electrons. The fourth-order valence-electron chi connectivity index (χ4n) is 2.21. The normalized spacial score (nSPS) is 17.3. The molecule has 2 amide bonds. The van der Waals surface area contributed by atoms with Crippen LogP contribution in [0.15, 0.2) is 28.7 Å². The highest BCUT2D eigenvalue weighted by molar-refractivity contribution is 9.10. The van der Waals surface area contributed by atoms with Crippen molar-refractivity contribution in [2.24, 2.45) is 0 Å². The second-order valence-corrected chi connectivity index (χ2v) is 5.69. The quantitative estimate of drug-likeness (QED) is 0.887. The topological polar surface area (TPSA) is 32.3 Å². The zero-order valence-corrected chi connectivity index (χ0v) is 12.2. The number of hydrogen-bond acceptors (Lipinski definition) is 1. The van der Waals surface area contributed by atoms with Crippen molar-refractivity contribution in [3.05, 3.63) is 34.3 Å². The van der Waals surface area contributed by atoms with Crippen molar-refractivity contribution in [1.82, 2.24) is 10.2 Å². The number of nitrogens with zero attached hydrogens (tertiary/aromatic N) is 1. The molecule has 1 aromatic carbocycles. The Balaban J connectivity index is 1.91. The summed E-state index contributed by atoms with van der Waals surface area (Å²) in [5.74, 6) is 0. The fraction of sp³-hybridized carbons (Fsp3) is 0.500. The molecule has 1 heterocycles. The number of likely N-dealkylation sites (tertiary alicyclic amines) is 1. The molecule has 1 aliphatic heterocycles. The number of hydrogen-bond donors (Lipinski definition) is 1. The van der Waals surface area contributed by atoms with Crippen LogP contribution in [-0.2, 0) is 0 Å². The van der Waals surface area contributed by atoms with Crippen molar-refractivity contribution in [1.29, 1.82) is 0 Å². The van der Waals surface area contributed by atoms with Gasteiger partial charge in [0, 0.05) is 17.6 Å². The summed E-state index contributed by atoms with van der Waals surface area (Å²) >= 11 is 3.41. The first kappa shape index (κ1) is 13.4. The largest absolute Gasteiger partial charge is 0.331 e. The van der Waals surface area contributed by atoms with E-state index in [1.807, 2.05) is 36.1 Å². The van der Waals surface area contributed by atoms with Crippen molar-refractivity contribution in [3.63, 3.8) is 0 Å². The Labute approximate surface area is 117 Å². The Bertz CT molecular complexity index is 399. The lowest BCUT2D eigenvalue weighted by Crippen LogP contribution is -2.43. The van der Waals surface area contributed by atoms with Crippen molar-refractivity contribution in [2.75, 3.05) is 13.1 Å². The standard InChI is InChI=1S/C14H19BrN2O/c1-11(12-5-7-13(15)8-6-12)16-14(18)17-9-3-2-4-10-17/h5-8,11H,2-4,9-10H2,1H3,(H,16,18)/t11-/m0/s1. The minimum atomic E-state index is 0.0486. The molecule has 98 valence electrons. The number of halogens is 1. The van der Waals surface area contributed by atoms with Crippen LogP contribution in [0.5, 0.6) is 0 Å².